The number of carbonyl (C=O) groups excluding carboxylic acids is 2. The molecule has 2 unspecified atom stereocenters. The van der Waals surface area contributed by atoms with Gasteiger partial charge in [0.25, 0.3) is 0 Å². The monoisotopic (exact) mass is 274 g/mol. The van der Waals surface area contributed by atoms with Crippen LogP contribution in [0.3, 0.4) is 0 Å². The number of nitrogens with one attached hydrogen (secondary N) is 1. The van der Waals surface area contributed by atoms with Gasteiger partial charge in [0.2, 0.25) is 11.8 Å². The Morgan fingerprint density at radius 3 is 2.40 bits per heavy atom. The molecule has 0 aliphatic carbocycles. The van der Waals surface area contributed by atoms with Gasteiger partial charge in [-0.1, -0.05) is 29.3 Å². The van der Waals surface area contributed by atoms with Crippen LogP contribution in [0.15, 0.2) is 18.2 Å². The first kappa shape index (κ1) is 14.7. The van der Waals surface area contributed by atoms with E-state index in [1.165, 1.54) is 21.6 Å². The van der Waals surface area contributed by atoms with Crippen molar-refractivity contribution in [3.63, 3.8) is 0 Å². The van der Waals surface area contributed by atoms with E-state index in [0.717, 1.165) is 0 Å². The number of amides is 2. The lowest BCUT2D eigenvalue weighted by Gasteiger charge is -2.30. The Balaban J connectivity index is 2.09. The summed E-state index contributed by atoms with van der Waals surface area (Å²) in [5.74, 6) is -0.218. The minimum Gasteiger partial charge on any atom is -0.299 e. The lowest BCUT2D eigenvalue weighted by atomic mass is 9.99. The molecule has 1 aromatic rings. The van der Waals surface area contributed by atoms with Gasteiger partial charge >= 0.3 is 0 Å². The van der Waals surface area contributed by atoms with Crippen molar-refractivity contribution in [1.29, 1.82) is 0 Å². The van der Waals surface area contributed by atoms with Crippen molar-refractivity contribution in [3.05, 3.63) is 34.9 Å². The molecular formula is C16H22N2O2. The number of imide groups is 1. The predicted octanol–water partition coefficient (Wildman–Crippen LogP) is 2.10. The number of hydrogen-bond donors (Lipinski definition) is 1. The maximum Gasteiger partial charge on any atom is 0.246 e. The average Bonchev–Trinajstić information content (AvgIpc) is 2.38. The first-order valence-electron chi connectivity index (χ1n) is 7.03. The Kier molecular flexibility index (Phi) is 4.23. The third-order valence-electron chi connectivity index (χ3n) is 3.84. The number of benzene rings is 1. The Labute approximate surface area is 120 Å². The number of hydrogen-bond acceptors (Lipinski definition) is 3. The molecule has 1 saturated heterocycles. The van der Waals surface area contributed by atoms with E-state index >= 15 is 0 Å². The largest absolute Gasteiger partial charge is 0.299 e. The molecular weight excluding hydrogens is 252 g/mol. The van der Waals surface area contributed by atoms with Crippen molar-refractivity contribution in [2.24, 2.45) is 0 Å². The minimum atomic E-state index is -0.270. The smallest absolute Gasteiger partial charge is 0.246 e. The molecule has 2 rings (SSSR count). The third kappa shape index (κ3) is 3.07. The van der Waals surface area contributed by atoms with Gasteiger partial charge in [0, 0.05) is 19.5 Å². The molecule has 1 aliphatic heterocycles. The van der Waals surface area contributed by atoms with E-state index in [9.17, 15) is 9.59 Å². The molecule has 2 amide bonds. The van der Waals surface area contributed by atoms with E-state index in [2.05, 4.69) is 44.3 Å². The highest BCUT2D eigenvalue weighted by Crippen LogP contribution is 2.20. The molecule has 108 valence electrons. The summed E-state index contributed by atoms with van der Waals surface area (Å²) >= 11 is 0. The van der Waals surface area contributed by atoms with E-state index in [4.69, 9.17) is 0 Å². The molecule has 0 saturated carbocycles. The van der Waals surface area contributed by atoms with Crippen LogP contribution in [0.4, 0.5) is 0 Å². The molecule has 4 heteroatoms. The number of likely N-dealkylation sites (tertiary alicyclic amines) is 1. The van der Waals surface area contributed by atoms with Gasteiger partial charge in [0.15, 0.2) is 0 Å². The standard InChI is InChI=1S/C16H22N2O2/c1-10-7-11(2)9-13(8-10)12(3)17-14-5-6-15(19)18(4)16(14)20/h7-9,12,14,17H,5-6H2,1-4H3. The second-order valence-electron chi connectivity index (χ2n) is 5.69. The number of rotatable bonds is 3. The van der Waals surface area contributed by atoms with E-state index in [0.29, 0.717) is 12.8 Å². The Morgan fingerprint density at radius 2 is 1.80 bits per heavy atom. The fourth-order valence-corrected chi connectivity index (χ4v) is 2.73. The average molecular weight is 274 g/mol. The molecule has 1 fully saturated rings. The summed E-state index contributed by atoms with van der Waals surface area (Å²) in [4.78, 5) is 24.8. The van der Waals surface area contributed by atoms with Gasteiger partial charge in [-0.25, -0.2) is 0 Å². The summed E-state index contributed by atoms with van der Waals surface area (Å²) in [6.45, 7) is 6.20. The van der Waals surface area contributed by atoms with Gasteiger partial charge in [-0.05, 0) is 32.8 Å². The van der Waals surface area contributed by atoms with Crippen LogP contribution in [0.25, 0.3) is 0 Å². The zero-order valence-corrected chi connectivity index (χ0v) is 12.6. The fourth-order valence-electron chi connectivity index (χ4n) is 2.73. The molecule has 2 atom stereocenters. The molecule has 1 aliphatic rings. The molecule has 1 aromatic carbocycles. The maximum absolute atomic E-state index is 12.1. The SMILES string of the molecule is Cc1cc(C)cc(C(C)NC2CCC(=O)N(C)C2=O)c1. The van der Waals surface area contributed by atoms with Crippen LogP contribution in [-0.4, -0.2) is 29.8 Å². The number of likely N-dealkylation sites (N-methyl/N-ethyl adjacent to an activating group) is 1. The molecule has 1 N–H and O–H groups in total. The first-order chi connectivity index (χ1) is 9.38. The highest BCUT2D eigenvalue weighted by atomic mass is 16.2. The summed E-state index contributed by atoms with van der Waals surface area (Å²) in [6.07, 6.45) is 1.01. The highest BCUT2D eigenvalue weighted by Gasteiger charge is 2.32. The maximum atomic E-state index is 12.1. The minimum absolute atomic E-state index is 0.0872. The van der Waals surface area contributed by atoms with Gasteiger partial charge in [-0.15, -0.1) is 0 Å². The number of nitrogens with zero attached hydrogens (tertiary/aromatic N) is 1. The molecule has 1 heterocycles. The zero-order chi connectivity index (χ0) is 14.9. The summed E-state index contributed by atoms with van der Waals surface area (Å²) < 4.78 is 0. The van der Waals surface area contributed by atoms with Gasteiger partial charge < -0.3 is 0 Å². The van der Waals surface area contributed by atoms with Crippen molar-refractivity contribution < 1.29 is 9.59 Å². The normalized spacial score (nSPS) is 21.2. The quantitative estimate of drug-likeness (QED) is 0.859. The number of piperidine rings is 1. The van der Waals surface area contributed by atoms with Crippen molar-refractivity contribution in [3.8, 4) is 0 Å². The molecule has 20 heavy (non-hydrogen) atoms. The van der Waals surface area contributed by atoms with Gasteiger partial charge in [0.1, 0.15) is 0 Å². The molecule has 0 spiro atoms. The summed E-state index contributed by atoms with van der Waals surface area (Å²) in [5, 5.41) is 3.35. The van der Waals surface area contributed by atoms with Crippen LogP contribution in [0, 0.1) is 13.8 Å². The van der Waals surface area contributed by atoms with E-state index in [1.54, 1.807) is 7.05 Å². The van der Waals surface area contributed by atoms with Crippen molar-refractivity contribution in [1.82, 2.24) is 10.2 Å². The number of aryl methyl sites for hydroxylation is 2. The number of carbonyl (C=O) groups is 2. The molecule has 4 nitrogen and oxygen atoms in total. The lowest BCUT2D eigenvalue weighted by Crippen LogP contribution is -2.51. The van der Waals surface area contributed by atoms with Crippen LogP contribution < -0.4 is 5.32 Å². The van der Waals surface area contributed by atoms with E-state index < -0.39 is 0 Å². The van der Waals surface area contributed by atoms with Crippen molar-refractivity contribution >= 4 is 11.8 Å². The summed E-state index contributed by atoms with van der Waals surface area (Å²) in [7, 11) is 1.56. The third-order valence-corrected chi connectivity index (χ3v) is 3.84. The first-order valence-corrected chi connectivity index (χ1v) is 7.03. The van der Waals surface area contributed by atoms with Crippen molar-refractivity contribution in [2.45, 2.75) is 45.7 Å². The Bertz CT molecular complexity index is 519. The Hall–Kier alpha value is -1.68. The molecule has 0 bridgehead atoms. The summed E-state index contributed by atoms with van der Waals surface area (Å²) in [5.41, 5.74) is 3.61. The van der Waals surface area contributed by atoms with Crippen LogP contribution >= 0.6 is 0 Å². The van der Waals surface area contributed by atoms with Gasteiger partial charge in [-0.3, -0.25) is 19.8 Å². The van der Waals surface area contributed by atoms with Crippen molar-refractivity contribution in [2.75, 3.05) is 7.05 Å². The van der Waals surface area contributed by atoms with E-state index in [-0.39, 0.29) is 23.9 Å². The molecule has 0 aromatic heterocycles. The lowest BCUT2D eigenvalue weighted by molar-refractivity contribution is -0.148. The Morgan fingerprint density at radius 1 is 1.20 bits per heavy atom. The summed E-state index contributed by atoms with van der Waals surface area (Å²) in [6, 6.07) is 6.21. The molecule has 0 radical (unpaired) electrons. The van der Waals surface area contributed by atoms with Gasteiger partial charge in [-0.2, -0.15) is 0 Å². The highest BCUT2D eigenvalue weighted by molar-refractivity contribution is 6.00. The van der Waals surface area contributed by atoms with Crippen LogP contribution in [0.2, 0.25) is 0 Å². The second-order valence-corrected chi connectivity index (χ2v) is 5.69. The van der Waals surface area contributed by atoms with Gasteiger partial charge in [0.05, 0.1) is 6.04 Å². The van der Waals surface area contributed by atoms with Crippen LogP contribution in [0.5, 0.6) is 0 Å². The van der Waals surface area contributed by atoms with Crippen LogP contribution in [-0.2, 0) is 9.59 Å². The topological polar surface area (TPSA) is 49.4 Å². The fraction of sp³-hybridized carbons (Fsp3) is 0.500. The van der Waals surface area contributed by atoms with Crippen LogP contribution in [0.1, 0.15) is 42.5 Å². The van der Waals surface area contributed by atoms with E-state index in [1.807, 2.05) is 0 Å². The second kappa shape index (κ2) is 5.75. The predicted molar refractivity (Wildman–Crippen MR) is 78.3 cm³/mol. The zero-order valence-electron chi connectivity index (χ0n) is 12.6.